The van der Waals surface area contributed by atoms with E-state index in [1.54, 1.807) is 12.3 Å². The van der Waals surface area contributed by atoms with Crippen LogP contribution in [0.3, 0.4) is 0 Å². The number of aryl methyl sites for hydroxylation is 1. The molecule has 13 heavy (non-hydrogen) atoms. The number of carbonyl (C=O) groups is 1. The van der Waals surface area contributed by atoms with Crippen molar-refractivity contribution in [3.8, 4) is 0 Å². The Morgan fingerprint density at radius 2 is 2.46 bits per heavy atom. The van der Waals surface area contributed by atoms with Gasteiger partial charge in [0.25, 0.3) is 0 Å². The molecule has 1 aromatic heterocycles. The van der Waals surface area contributed by atoms with Gasteiger partial charge in [0.2, 0.25) is 0 Å². The third kappa shape index (κ3) is 2.32. The highest BCUT2D eigenvalue weighted by molar-refractivity contribution is 5.68. The van der Waals surface area contributed by atoms with Crippen molar-refractivity contribution in [2.75, 3.05) is 6.54 Å². The normalized spacial score (nSPS) is 12.8. The number of hydrogen-bond acceptors (Lipinski definition) is 3. The zero-order valence-electron chi connectivity index (χ0n) is 7.49. The van der Waals surface area contributed by atoms with Crippen LogP contribution in [0.15, 0.2) is 16.7 Å². The Balaban J connectivity index is 2.78. The average Bonchev–Trinajstić information content (AvgIpc) is 2.47. The predicted octanol–water partition coefficient (Wildman–Crippen LogP) is 1.11. The summed E-state index contributed by atoms with van der Waals surface area (Å²) in [4.78, 5) is 10.5. The van der Waals surface area contributed by atoms with Crippen LogP contribution in [-0.4, -0.2) is 17.6 Å². The molecule has 1 rings (SSSR count). The van der Waals surface area contributed by atoms with Gasteiger partial charge in [0.05, 0.1) is 12.7 Å². The lowest BCUT2D eigenvalue weighted by molar-refractivity contribution is -0.137. The van der Waals surface area contributed by atoms with Gasteiger partial charge in [-0.3, -0.25) is 4.79 Å². The SMILES string of the molecule is Cc1ccoc1C(CN)CC(=O)O. The van der Waals surface area contributed by atoms with Crippen LogP contribution in [0.5, 0.6) is 0 Å². The number of hydrogen-bond donors (Lipinski definition) is 2. The number of carboxylic acid groups (broad SMARTS) is 1. The molecule has 0 aromatic carbocycles. The van der Waals surface area contributed by atoms with Crippen molar-refractivity contribution in [3.63, 3.8) is 0 Å². The fourth-order valence-corrected chi connectivity index (χ4v) is 1.30. The number of nitrogens with two attached hydrogens (primary N) is 1. The first-order chi connectivity index (χ1) is 6.15. The lowest BCUT2D eigenvalue weighted by atomic mass is 10.0. The molecule has 0 fully saturated rings. The van der Waals surface area contributed by atoms with Gasteiger partial charge in [-0.2, -0.15) is 0 Å². The van der Waals surface area contributed by atoms with Crippen molar-refractivity contribution in [3.05, 3.63) is 23.7 Å². The quantitative estimate of drug-likeness (QED) is 0.732. The fraction of sp³-hybridized carbons (Fsp3) is 0.444. The van der Waals surface area contributed by atoms with Crippen LogP contribution in [0.2, 0.25) is 0 Å². The Hall–Kier alpha value is -1.29. The maximum absolute atomic E-state index is 10.5. The summed E-state index contributed by atoms with van der Waals surface area (Å²) in [5.74, 6) is -0.386. The number of carboxylic acids is 1. The molecule has 1 heterocycles. The van der Waals surface area contributed by atoms with Gasteiger partial charge < -0.3 is 15.3 Å². The standard InChI is InChI=1S/C9H13NO3/c1-6-2-3-13-9(6)7(5-10)4-8(11)12/h2-3,7H,4-5,10H2,1H3,(H,11,12). The van der Waals surface area contributed by atoms with E-state index >= 15 is 0 Å². The van der Waals surface area contributed by atoms with Gasteiger partial charge in [0.1, 0.15) is 5.76 Å². The predicted molar refractivity (Wildman–Crippen MR) is 47.5 cm³/mol. The van der Waals surface area contributed by atoms with Gasteiger partial charge in [-0.05, 0) is 18.6 Å². The van der Waals surface area contributed by atoms with E-state index in [0.717, 1.165) is 5.56 Å². The lowest BCUT2D eigenvalue weighted by Crippen LogP contribution is -2.16. The van der Waals surface area contributed by atoms with Gasteiger partial charge >= 0.3 is 5.97 Å². The third-order valence-corrected chi connectivity index (χ3v) is 1.98. The second kappa shape index (κ2) is 4.09. The van der Waals surface area contributed by atoms with E-state index in [0.29, 0.717) is 12.3 Å². The van der Waals surface area contributed by atoms with Crippen LogP contribution in [0.25, 0.3) is 0 Å². The molecular formula is C9H13NO3. The molecule has 4 nitrogen and oxygen atoms in total. The first kappa shape index (κ1) is 9.80. The number of aliphatic carboxylic acids is 1. The molecule has 4 heteroatoms. The van der Waals surface area contributed by atoms with Crippen LogP contribution < -0.4 is 5.73 Å². The Morgan fingerprint density at radius 1 is 1.77 bits per heavy atom. The fourth-order valence-electron chi connectivity index (χ4n) is 1.30. The van der Waals surface area contributed by atoms with Crippen LogP contribution in [0, 0.1) is 6.92 Å². The van der Waals surface area contributed by atoms with Crippen molar-refractivity contribution in [1.82, 2.24) is 0 Å². The summed E-state index contributed by atoms with van der Waals surface area (Å²) in [6.45, 7) is 2.17. The molecule has 1 atom stereocenters. The van der Waals surface area contributed by atoms with Crippen LogP contribution in [0.4, 0.5) is 0 Å². The molecule has 0 spiro atoms. The highest BCUT2D eigenvalue weighted by atomic mass is 16.4. The summed E-state index contributed by atoms with van der Waals surface area (Å²) in [5, 5.41) is 8.61. The van der Waals surface area contributed by atoms with Crippen molar-refractivity contribution in [1.29, 1.82) is 0 Å². The summed E-state index contributed by atoms with van der Waals surface area (Å²) < 4.78 is 5.17. The monoisotopic (exact) mass is 183 g/mol. The Morgan fingerprint density at radius 3 is 2.85 bits per heavy atom. The highest BCUT2D eigenvalue weighted by Crippen LogP contribution is 2.22. The molecule has 1 aromatic rings. The highest BCUT2D eigenvalue weighted by Gasteiger charge is 2.18. The molecule has 1 unspecified atom stereocenters. The zero-order valence-corrected chi connectivity index (χ0v) is 7.49. The molecule has 0 saturated heterocycles. The number of rotatable bonds is 4. The average molecular weight is 183 g/mol. The smallest absolute Gasteiger partial charge is 0.304 e. The molecule has 0 aliphatic rings. The van der Waals surface area contributed by atoms with Gasteiger partial charge in [0, 0.05) is 12.5 Å². The molecule has 0 bridgehead atoms. The van der Waals surface area contributed by atoms with Crippen molar-refractivity contribution >= 4 is 5.97 Å². The van der Waals surface area contributed by atoms with E-state index in [-0.39, 0.29) is 12.3 Å². The lowest BCUT2D eigenvalue weighted by Gasteiger charge is -2.09. The Kier molecular flexibility index (Phi) is 3.08. The Labute approximate surface area is 76.3 Å². The summed E-state index contributed by atoms with van der Waals surface area (Å²) in [6.07, 6.45) is 1.57. The van der Waals surface area contributed by atoms with E-state index in [1.807, 2.05) is 6.92 Å². The molecule has 3 N–H and O–H groups in total. The van der Waals surface area contributed by atoms with Crippen LogP contribution in [-0.2, 0) is 4.79 Å². The van der Waals surface area contributed by atoms with Crippen LogP contribution >= 0.6 is 0 Å². The molecule has 0 radical (unpaired) electrons. The minimum absolute atomic E-state index is 0.0187. The summed E-state index contributed by atoms with van der Waals surface area (Å²) in [5.41, 5.74) is 6.41. The maximum atomic E-state index is 10.5. The van der Waals surface area contributed by atoms with Crippen molar-refractivity contribution < 1.29 is 14.3 Å². The van der Waals surface area contributed by atoms with Crippen molar-refractivity contribution in [2.45, 2.75) is 19.3 Å². The summed E-state index contributed by atoms with van der Waals surface area (Å²) in [7, 11) is 0. The third-order valence-electron chi connectivity index (χ3n) is 1.98. The van der Waals surface area contributed by atoms with E-state index < -0.39 is 5.97 Å². The molecule has 0 saturated carbocycles. The molecule has 0 aliphatic heterocycles. The van der Waals surface area contributed by atoms with Gasteiger partial charge in [-0.15, -0.1) is 0 Å². The first-order valence-electron chi connectivity index (χ1n) is 4.11. The minimum atomic E-state index is -0.855. The second-order valence-corrected chi connectivity index (χ2v) is 3.00. The molecular weight excluding hydrogens is 170 g/mol. The van der Waals surface area contributed by atoms with E-state index in [9.17, 15) is 4.79 Å². The zero-order chi connectivity index (χ0) is 9.84. The van der Waals surface area contributed by atoms with E-state index in [1.165, 1.54) is 0 Å². The molecule has 0 amide bonds. The molecule has 0 aliphatic carbocycles. The van der Waals surface area contributed by atoms with Gasteiger partial charge in [-0.1, -0.05) is 0 Å². The Bertz CT molecular complexity index is 293. The maximum Gasteiger partial charge on any atom is 0.304 e. The largest absolute Gasteiger partial charge is 0.481 e. The number of furan rings is 1. The molecule has 72 valence electrons. The summed E-state index contributed by atoms with van der Waals surface area (Å²) in [6, 6.07) is 1.81. The first-order valence-corrected chi connectivity index (χ1v) is 4.11. The van der Waals surface area contributed by atoms with E-state index in [4.69, 9.17) is 15.3 Å². The topological polar surface area (TPSA) is 76.5 Å². The second-order valence-electron chi connectivity index (χ2n) is 3.00. The van der Waals surface area contributed by atoms with Crippen molar-refractivity contribution in [2.24, 2.45) is 5.73 Å². The van der Waals surface area contributed by atoms with Gasteiger partial charge in [0.15, 0.2) is 0 Å². The van der Waals surface area contributed by atoms with E-state index in [2.05, 4.69) is 0 Å². The summed E-state index contributed by atoms with van der Waals surface area (Å²) >= 11 is 0. The van der Waals surface area contributed by atoms with Gasteiger partial charge in [-0.25, -0.2) is 0 Å². The minimum Gasteiger partial charge on any atom is -0.481 e. The van der Waals surface area contributed by atoms with Crippen LogP contribution in [0.1, 0.15) is 23.7 Å².